The fourth-order valence-corrected chi connectivity index (χ4v) is 2.60. The fraction of sp³-hybridized carbons (Fsp3) is 0.222. The van der Waals surface area contributed by atoms with Gasteiger partial charge in [0.2, 0.25) is 0 Å². The highest BCUT2D eigenvalue weighted by Crippen LogP contribution is 2.31. The maximum absolute atomic E-state index is 10.9. The number of fused-ring (bicyclic) bond motifs is 1. The molecular weight excluding hydrogens is 276 g/mol. The second-order valence-corrected chi connectivity index (χ2v) is 6.52. The number of nitrogens with one attached hydrogen (secondary N) is 1. The van der Waals surface area contributed by atoms with Crippen molar-refractivity contribution >= 4 is 16.6 Å². The van der Waals surface area contributed by atoms with Gasteiger partial charge < -0.3 is 4.98 Å². The Balaban J connectivity index is 2.02. The molecule has 0 atom stereocenters. The molecule has 0 radical (unpaired) electrons. The second-order valence-electron chi connectivity index (χ2n) is 6.52. The molecule has 112 valence electrons. The standard InChI is InChI=1S/C18H18N2O2/c1-18(2,3)14-7-4-12(5-8-14)13-6-9-15-16(10-13)19-11-17(15)20(21)22/h4-11,19H,1-3H3. The van der Waals surface area contributed by atoms with E-state index in [2.05, 4.69) is 50.0 Å². The van der Waals surface area contributed by atoms with E-state index in [1.54, 1.807) is 6.07 Å². The van der Waals surface area contributed by atoms with E-state index in [1.165, 1.54) is 11.8 Å². The molecule has 0 spiro atoms. The quantitative estimate of drug-likeness (QED) is 0.531. The summed E-state index contributed by atoms with van der Waals surface area (Å²) in [5, 5.41) is 11.6. The minimum Gasteiger partial charge on any atom is -0.355 e. The predicted molar refractivity (Wildman–Crippen MR) is 89.1 cm³/mol. The summed E-state index contributed by atoms with van der Waals surface area (Å²) in [6.07, 6.45) is 1.44. The minimum absolute atomic E-state index is 0.115. The minimum atomic E-state index is -0.364. The van der Waals surface area contributed by atoms with Crippen molar-refractivity contribution in [3.05, 3.63) is 64.3 Å². The van der Waals surface area contributed by atoms with Crippen LogP contribution in [0, 0.1) is 10.1 Å². The summed E-state index contributed by atoms with van der Waals surface area (Å²) >= 11 is 0. The van der Waals surface area contributed by atoms with Crippen LogP contribution in [0.3, 0.4) is 0 Å². The van der Waals surface area contributed by atoms with E-state index >= 15 is 0 Å². The zero-order valence-electron chi connectivity index (χ0n) is 12.9. The summed E-state index contributed by atoms with van der Waals surface area (Å²) in [4.78, 5) is 13.6. The van der Waals surface area contributed by atoms with E-state index in [-0.39, 0.29) is 16.0 Å². The van der Waals surface area contributed by atoms with Gasteiger partial charge in [-0.25, -0.2) is 0 Å². The summed E-state index contributed by atoms with van der Waals surface area (Å²) < 4.78 is 0. The van der Waals surface area contributed by atoms with Crippen molar-refractivity contribution in [1.29, 1.82) is 0 Å². The van der Waals surface area contributed by atoms with Crippen molar-refractivity contribution in [1.82, 2.24) is 4.98 Å². The van der Waals surface area contributed by atoms with Crippen LogP contribution in [0.25, 0.3) is 22.0 Å². The molecule has 0 bridgehead atoms. The largest absolute Gasteiger partial charge is 0.355 e. The van der Waals surface area contributed by atoms with Crippen molar-refractivity contribution in [2.75, 3.05) is 0 Å². The van der Waals surface area contributed by atoms with E-state index in [4.69, 9.17) is 0 Å². The molecule has 0 unspecified atom stereocenters. The predicted octanol–water partition coefficient (Wildman–Crippen LogP) is 5.04. The molecule has 1 N–H and O–H groups in total. The Hall–Kier alpha value is -2.62. The fourth-order valence-electron chi connectivity index (χ4n) is 2.60. The van der Waals surface area contributed by atoms with Crippen LogP contribution in [0.5, 0.6) is 0 Å². The van der Waals surface area contributed by atoms with Crippen LogP contribution in [0.15, 0.2) is 48.7 Å². The van der Waals surface area contributed by atoms with E-state index in [9.17, 15) is 10.1 Å². The molecule has 0 amide bonds. The van der Waals surface area contributed by atoms with Gasteiger partial charge in [-0.05, 0) is 34.2 Å². The topological polar surface area (TPSA) is 58.9 Å². The number of benzene rings is 2. The summed E-state index contributed by atoms with van der Waals surface area (Å²) in [5.74, 6) is 0. The third kappa shape index (κ3) is 2.48. The summed E-state index contributed by atoms with van der Waals surface area (Å²) in [6.45, 7) is 6.56. The Morgan fingerprint density at radius 1 is 1.00 bits per heavy atom. The first-order valence-electron chi connectivity index (χ1n) is 7.23. The highest BCUT2D eigenvalue weighted by Gasteiger charge is 2.15. The van der Waals surface area contributed by atoms with E-state index in [0.717, 1.165) is 16.6 Å². The number of nitrogens with zero attached hydrogens (tertiary/aromatic N) is 1. The number of rotatable bonds is 2. The molecule has 4 nitrogen and oxygen atoms in total. The Kier molecular flexibility index (Phi) is 3.24. The SMILES string of the molecule is CC(C)(C)c1ccc(-c2ccc3c([N+](=O)[O-])c[nH]c3c2)cc1. The molecular formula is C18H18N2O2. The van der Waals surface area contributed by atoms with Gasteiger partial charge in [-0.1, -0.05) is 51.1 Å². The molecule has 22 heavy (non-hydrogen) atoms. The molecule has 3 rings (SSSR count). The summed E-state index contributed by atoms with van der Waals surface area (Å²) in [7, 11) is 0. The van der Waals surface area contributed by atoms with Crippen LogP contribution in [0.4, 0.5) is 5.69 Å². The Labute approximate surface area is 128 Å². The number of H-pyrrole nitrogens is 1. The molecule has 0 aliphatic rings. The van der Waals surface area contributed by atoms with Crippen LogP contribution >= 0.6 is 0 Å². The first-order valence-corrected chi connectivity index (χ1v) is 7.23. The molecule has 1 aromatic heterocycles. The smallest absolute Gasteiger partial charge is 0.294 e. The van der Waals surface area contributed by atoms with Crippen LogP contribution in [-0.2, 0) is 5.41 Å². The average Bonchev–Trinajstić information content (AvgIpc) is 2.89. The first kappa shape index (κ1) is 14.3. The Bertz CT molecular complexity index is 840. The lowest BCUT2D eigenvalue weighted by molar-refractivity contribution is -0.383. The second kappa shape index (κ2) is 4.98. The maximum Gasteiger partial charge on any atom is 0.294 e. The van der Waals surface area contributed by atoms with E-state index in [0.29, 0.717) is 5.39 Å². The number of hydrogen-bond acceptors (Lipinski definition) is 2. The zero-order valence-corrected chi connectivity index (χ0v) is 12.9. The Morgan fingerprint density at radius 3 is 2.23 bits per heavy atom. The third-order valence-electron chi connectivity index (χ3n) is 3.94. The third-order valence-corrected chi connectivity index (χ3v) is 3.94. The van der Waals surface area contributed by atoms with Gasteiger partial charge in [-0.15, -0.1) is 0 Å². The van der Waals surface area contributed by atoms with Crippen molar-refractivity contribution < 1.29 is 4.92 Å². The van der Waals surface area contributed by atoms with Crippen molar-refractivity contribution in [3.63, 3.8) is 0 Å². The highest BCUT2D eigenvalue weighted by atomic mass is 16.6. The van der Waals surface area contributed by atoms with Gasteiger partial charge in [-0.2, -0.15) is 0 Å². The first-order chi connectivity index (χ1) is 10.4. The number of hydrogen-bond donors (Lipinski definition) is 1. The van der Waals surface area contributed by atoms with Crippen LogP contribution in [-0.4, -0.2) is 9.91 Å². The molecule has 0 saturated heterocycles. The van der Waals surface area contributed by atoms with Crippen molar-refractivity contribution in [2.45, 2.75) is 26.2 Å². The molecule has 3 aromatic rings. The molecule has 0 aliphatic carbocycles. The van der Waals surface area contributed by atoms with Gasteiger partial charge >= 0.3 is 0 Å². The molecule has 2 aromatic carbocycles. The normalized spacial score (nSPS) is 11.8. The number of aromatic nitrogens is 1. The van der Waals surface area contributed by atoms with Gasteiger partial charge in [0.1, 0.15) is 0 Å². The lowest BCUT2D eigenvalue weighted by atomic mass is 9.86. The van der Waals surface area contributed by atoms with Gasteiger partial charge in [0, 0.05) is 0 Å². The molecule has 0 aliphatic heterocycles. The van der Waals surface area contributed by atoms with Gasteiger partial charge in [-0.3, -0.25) is 10.1 Å². The zero-order chi connectivity index (χ0) is 15.9. The lowest BCUT2D eigenvalue weighted by Crippen LogP contribution is -2.10. The monoisotopic (exact) mass is 294 g/mol. The van der Waals surface area contributed by atoms with Gasteiger partial charge in [0.15, 0.2) is 0 Å². The van der Waals surface area contributed by atoms with Gasteiger partial charge in [0.25, 0.3) is 5.69 Å². The highest BCUT2D eigenvalue weighted by molar-refractivity contribution is 5.92. The van der Waals surface area contributed by atoms with Crippen molar-refractivity contribution in [3.8, 4) is 11.1 Å². The van der Waals surface area contributed by atoms with Crippen molar-refractivity contribution in [2.24, 2.45) is 0 Å². The molecule has 4 heteroatoms. The number of aromatic amines is 1. The lowest BCUT2D eigenvalue weighted by Gasteiger charge is -2.19. The summed E-state index contributed by atoms with van der Waals surface area (Å²) in [5.41, 5.74) is 4.46. The molecule has 0 saturated carbocycles. The van der Waals surface area contributed by atoms with Crippen LogP contribution < -0.4 is 0 Å². The van der Waals surface area contributed by atoms with Crippen LogP contribution in [0.1, 0.15) is 26.3 Å². The molecule has 1 heterocycles. The van der Waals surface area contributed by atoms with Crippen LogP contribution in [0.2, 0.25) is 0 Å². The summed E-state index contributed by atoms with van der Waals surface area (Å²) in [6, 6.07) is 14.1. The number of nitro groups is 1. The van der Waals surface area contributed by atoms with E-state index < -0.39 is 0 Å². The average molecular weight is 294 g/mol. The maximum atomic E-state index is 10.9. The Morgan fingerprint density at radius 2 is 1.64 bits per heavy atom. The molecule has 0 fully saturated rings. The van der Waals surface area contributed by atoms with E-state index in [1.807, 2.05) is 12.1 Å². The van der Waals surface area contributed by atoms with Gasteiger partial charge in [0.05, 0.1) is 22.0 Å².